The standard InChI is InChI=1S/C23H33N5O7/c24-14-21(30)26-7-9-34-11-13-35-12-10-33-8-6-25-18-3-1-2-16-17(18)15-28(23(16)32)19-4-5-20(29)27-22(19)31/h1-3,19,25H,4-15,24H2,(H,26,30)(H,27,29,31). The van der Waals surface area contributed by atoms with E-state index in [1.807, 2.05) is 6.07 Å². The second kappa shape index (κ2) is 13.7. The first kappa shape index (κ1) is 26.5. The molecule has 0 aromatic heterocycles. The number of benzene rings is 1. The molecule has 0 radical (unpaired) electrons. The minimum atomic E-state index is -0.633. The van der Waals surface area contributed by atoms with Gasteiger partial charge in [-0.1, -0.05) is 6.07 Å². The first-order valence-electron chi connectivity index (χ1n) is 11.7. The lowest BCUT2D eigenvalue weighted by Crippen LogP contribution is -2.52. The highest BCUT2D eigenvalue weighted by molar-refractivity contribution is 6.06. The van der Waals surface area contributed by atoms with Gasteiger partial charge in [0.1, 0.15) is 6.04 Å². The molecule has 0 saturated carbocycles. The van der Waals surface area contributed by atoms with Crippen LogP contribution in [0.15, 0.2) is 18.2 Å². The number of piperidine rings is 1. The van der Waals surface area contributed by atoms with Crippen LogP contribution in [0.1, 0.15) is 28.8 Å². The van der Waals surface area contributed by atoms with Gasteiger partial charge >= 0.3 is 0 Å². The van der Waals surface area contributed by atoms with Gasteiger partial charge in [0.05, 0.1) is 46.2 Å². The molecule has 5 N–H and O–H groups in total. The Bertz CT molecular complexity index is 910. The van der Waals surface area contributed by atoms with Gasteiger partial charge in [0.25, 0.3) is 5.91 Å². The van der Waals surface area contributed by atoms with E-state index in [9.17, 15) is 19.2 Å². The molecule has 1 unspecified atom stereocenters. The molecule has 0 spiro atoms. The summed E-state index contributed by atoms with van der Waals surface area (Å²) in [5.41, 5.74) is 7.42. The summed E-state index contributed by atoms with van der Waals surface area (Å²) in [7, 11) is 0. The molecule has 12 heteroatoms. The van der Waals surface area contributed by atoms with Gasteiger partial charge in [-0.3, -0.25) is 24.5 Å². The second-order valence-electron chi connectivity index (χ2n) is 8.05. The Labute approximate surface area is 203 Å². The SMILES string of the molecule is NCC(=O)NCCOCCOCCOCCNc1cccc2c1CN(C1CCC(=O)NC1=O)C2=O. The van der Waals surface area contributed by atoms with Gasteiger partial charge in [-0.05, 0) is 18.6 Å². The predicted molar refractivity (Wildman–Crippen MR) is 125 cm³/mol. The summed E-state index contributed by atoms with van der Waals surface area (Å²) in [4.78, 5) is 49.0. The van der Waals surface area contributed by atoms with Gasteiger partial charge in [-0.25, -0.2) is 0 Å². The lowest BCUT2D eigenvalue weighted by Gasteiger charge is -2.29. The highest BCUT2D eigenvalue weighted by atomic mass is 16.5. The molecule has 12 nitrogen and oxygen atoms in total. The van der Waals surface area contributed by atoms with Crippen molar-refractivity contribution in [1.82, 2.24) is 15.5 Å². The van der Waals surface area contributed by atoms with E-state index in [4.69, 9.17) is 19.9 Å². The molecule has 4 amide bonds. The average molecular weight is 492 g/mol. The third-order valence-corrected chi connectivity index (χ3v) is 5.64. The van der Waals surface area contributed by atoms with Crippen molar-refractivity contribution in [3.63, 3.8) is 0 Å². The molecule has 1 aromatic rings. The zero-order chi connectivity index (χ0) is 25.0. The maximum Gasteiger partial charge on any atom is 0.255 e. The minimum absolute atomic E-state index is 0.0327. The molecule has 2 aliphatic rings. The van der Waals surface area contributed by atoms with Crippen molar-refractivity contribution in [2.45, 2.75) is 25.4 Å². The second-order valence-corrected chi connectivity index (χ2v) is 8.05. The maximum absolute atomic E-state index is 12.9. The van der Waals surface area contributed by atoms with Gasteiger partial charge in [-0.15, -0.1) is 0 Å². The minimum Gasteiger partial charge on any atom is -0.382 e. The molecule has 35 heavy (non-hydrogen) atoms. The van der Waals surface area contributed by atoms with Crippen LogP contribution in [0.5, 0.6) is 0 Å². The van der Waals surface area contributed by atoms with E-state index in [-0.39, 0.29) is 30.7 Å². The fourth-order valence-electron chi connectivity index (χ4n) is 3.89. The number of ether oxygens (including phenoxy) is 3. The molecule has 1 saturated heterocycles. The van der Waals surface area contributed by atoms with Crippen molar-refractivity contribution in [1.29, 1.82) is 0 Å². The van der Waals surface area contributed by atoms with E-state index in [2.05, 4.69) is 16.0 Å². The molecule has 2 aliphatic heterocycles. The fourth-order valence-corrected chi connectivity index (χ4v) is 3.89. The van der Waals surface area contributed by atoms with Crippen molar-refractivity contribution in [3.8, 4) is 0 Å². The highest BCUT2D eigenvalue weighted by Crippen LogP contribution is 2.32. The third-order valence-electron chi connectivity index (χ3n) is 5.64. The zero-order valence-electron chi connectivity index (χ0n) is 19.7. The summed E-state index contributed by atoms with van der Waals surface area (Å²) in [6.07, 6.45) is 0.562. The van der Waals surface area contributed by atoms with Crippen molar-refractivity contribution in [2.75, 3.05) is 64.6 Å². The van der Waals surface area contributed by atoms with Gasteiger partial charge in [0.15, 0.2) is 0 Å². The van der Waals surface area contributed by atoms with Gasteiger partial charge in [0.2, 0.25) is 17.7 Å². The Hall–Kier alpha value is -3.06. The molecule has 1 atom stereocenters. The molecule has 1 aromatic carbocycles. The quantitative estimate of drug-likeness (QED) is 0.178. The Morgan fingerprint density at radius 1 is 1.03 bits per heavy atom. The topological polar surface area (TPSA) is 161 Å². The number of carbonyl (C=O) groups excluding carboxylic acids is 4. The number of carbonyl (C=O) groups is 4. The normalized spacial score (nSPS) is 17.3. The van der Waals surface area contributed by atoms with E-state index in [1.54, 1.807) is 12.1 Å². The monoisotopic (exact) mass is 491 g/mol. The summed E-state index contributed by atoms with van der Waals surface area (Å²) in [6, 6.07) is 4.81. The number of fused-ring (bicyclic) bond motifs is 1. The summed E-state index contributed by atoms with van der Waals surface area (Å²) in [6.45, 7) is 3.82. The van der Waals surface area contributed by atoms with Crippen molar-refractivity contribution < 1.29 is 33.4 Å². The van der Waals surface area contributed by atoms with Crippen LogP contribution in [0.4, 0.5) is 5.69 Å². The van der Waals surface area contributed by atoms with E-state index < -0.39 is 11.9 Å². The van der Waals surface area contributed by atoms with Crippen LogP contribution in [-0.2, 0) is 35.1 Å². The van der Waals surface area contributed by atoms with Crippen molar-refractivity contribution >= 4 is 29.3 Å². The van der Waals surface area contributed by atoms with Crippen LogP contribution in [-0.4, -0.2) is 93.8 Å². The Morgan fingerprint density at radius 3 is 2.40 bits per heavy atom. The third kappa shape index (κ3) is 7.72. The molecule has 1 fully saturated rings. The van der Waals surface area contributed by atoms with Crippen LogP contribution >= 0.6 is 0 Å². The van der Waals surface area contributed by atoms with E-state index in [0.29, 0.717) is 71.3 Å². The van der Waals surface area contributed by atoms with E-state index >= 15 is 0 Å². The Morgan fingerprint density at radius 2 is 1.71 bits per heavy atom. The molecule has 3 rings (SSSR count). The largest absolute Gasteiger partial charge is 0.382 e. The molecule has 192 valence electrons. The predicted octanol–water partition coefficient (Wildman–Crippen LogP) is -1.02. The van der Waals surface area contributed by atoms with Crippen LogP contribution in [0.3, 0.4) is 0 Å². The molecule has 0 aliphatic carbocycles. The average Bonchev–Trinajstić information content (AvgIpc) is 3.18. The van der Waals surface area contributed by atoms with Crippen LogP contribution in [0, 0.1) is 0 Å². The number of imide groups is 1. The van der Waals surface area contributed by atoms with Crippen molar-refractivity contribution in [3.05, 3.63) is 29.3 Å². The van der Waals surface area contributed by atoms with E-state index in [0.717, 1.165) is 11.3 Å². The number of rotatable bonds is 15. The van der Waals surface area contributed by atoms with E-state index in [1.165, 1.54) is 4.90 Å². The molecule has 2 heterocycles. The van der Waals surface area contributed by atoms with Gasteiger partial charge in [0, 0.05) is 42.9 Å². The first-order chi connectivity index (χ1) is 17.0. The lowest BCUT2D eigenvalue weighted by atomic mass is 10.0. The number of anilines is 1. The number of hydrogen-bond donors (Lipinski definition) is 4. The van der Waals surface area contributed by atoms with Crippen LogP contribution < -0.4 is 21.7 Å². The zero-order valence-corrected chi connectivity index (χ0v) is 19.7. The summed E-state index contributed by atoms with van der Waals surface area (Å²) in [5.74, 6) is -1.14. The summed E-state index contributed by atoms with van der Waals surface area (Å²) >= 11 is 0. The lowest BCUT2D eigenvalue weighted by molar-refractivity contribution is -0.137. The van der Waals surface area contributed by atoms with Gasteiger partial charge in [-0.2, -0.15) is 0 Å². The number of nitrogens with two attached hydrogens (primary N) is 1. The molecular weight excluding hydrogens is 458 g/mol. The molecular formula is C23H33N5O7. The van der Waals surface area contributed by atoms with Crippen LogP contribution in [0.2, 0.25) is 0 Å². The summed E-state index contributed by atoms with van der Waals surface area (Å²) in [5, 5.41) is 8.22. The number of nitrogens with one attached hydrogen (secondary N) is 3. The number of hydrogen-bond acceptors (Lipinski definition) is 9. The fraction of sp³-hybridized carbons (Fsp3) is 0.565. The Kier molecular flexibility index (Phi) is 10.4. The number of amides is 4. The Balaban J connectivity index is 1.29. The molecule has 0 bridgehead atoms. The maximum atomic E-state index is 12.9. The van der Waals surface area contributed by atoms with Crippen LogP contribution in [0.25, 0.3) is 0 Å². The highest BCUT2D eigenvalue weighted by Gasteiger charge is 2.39. The van der Waals surface area contributed by atoms with Crippen molar-refractivity contribution in [2.24, 2.45) is 5.73 Å². The summed E-state index contributed by atoms with van der Waals surface area (Å²) < 4.78 is 16.3. The first-order valence-corrected chi connectivity index (χ1v) is 11.7. The smallest absolute Gasteiger partial charge is 0.255 e. The number of nitrogens with zero attached hydrogens (tertiary/aromatic N) is 1. The van der Waals surface area contributed by atoms with Gasteiger partial charge < -0.3 is 35.5 Å².